The van der Waals surface area contributed by atoms with E-state index in [4.69, 9.17) is 5.73 Å². The second kappa shape index (κ2) is 6.79. The molecule has 0 aromatic heterocycles. The van der Waals surface area contributed by atoms with Crippen molar-refractivity contribution in [3.8, 4) is 0 Å². The Bertz CT molecular complexity index is 500. The molecule has 0 radical (unpaired) electrons. The molecule has 1 aromatic rings. The van der Waals surface area contributed by atoms with E-state index in [1.54, 1.807) is 39.3 Å². The lowest BCUT2D eigenvalue weighted by molar-refractivity contribution is -0.120. The number of hydrogen-bond donors (Lipinski definition) is 2. The molecule has 0 heterocycles. The van der Waals surface area contributed by atoms with Crippen molar-refractivity contribution in [1.82, 2.24) is 10.2 Å². The number of nitrogen functional groups attached to an aromatic ring is 1. The Morgan fingerprint density at radius 2 is 1.90 bits per heavy atom. The largest absolute Gasteiger partial charge is 0.399 e. The minimum absolute atomic E-state index is 0.0405. The van der Waals surface area contributed by atoms with Crippen LogP contribution in [0.25, 0.3) is 0 Å². The number of nitrogens with one attached hydrogen (secondary N) is 1. The Labute approximate surface area is 119 Å². The van der Waals surface area contributed by atoms with Gasteiger partial charge in [0.2, 0.25) is 5.91 Å². The van der Waals surface area contributed by atoms with E-state index < -0.39 is 0 Å². The molecule has 0 saturated heterocycles. The predicted molar refractivity (Wildman–Crippen MR) is 80.8 cm³/mol. The van der Waals surface area contributed by atoms with Gasteiger partial charge in [-0.3, -0.25) is 9.59 Å². The molecule has 6 nitrogen and oxygen atoms in total. The zero-order valence-electron chi connectivity index (χ0n) is 12.4. The smallest absolute Gasteiger partial charge is 0.255 e. The summed E-state index contributed by atoms with van der Waals surface area (Å²) in [5, 5.41) is 2.57. The lowest BCUT2D eigenvalue weighted by Gasteiger charge is -2.23. The van der Waals surface area contributed by atoms with Gasteiger partial charge in [0.25, 0.3) is 5.91 Å². The number of carbonyl (C=O) groups excluding carboxylic acids is 2. The van der Waals surface area contributed by atoms with E-state index >= 15 is 0 Å². The van der Waals surface area contributed by atoms with Crippen molar-refractivity contribution in [2.24, 2.45) is 0 Å². The first-order valence-electron chi connectivity index (χ1n) is 6.39. The summed E-state index contributed by atoms with van der Waals surface area (Å²) in [5.74, 6) is -0.131. The Hall–Kier alpha value is -2.24. The van der Waals surface area contributed by atoms with Crippen molar-refractivity contribution in [1.29, 1.82) is 0 Å². The summed E-state index contributed by atoms with van der Waals surface area (Å²) < 4.78 is 0. The van der Waals surface area contributed by atoms with Gasteiger partial charge in [-0.05, 0) is 18.2 Å². The normalized spacial score (nSPS) is 10.0. The van der Waals surface area contributed by atoms with E-state index in [1.165, 1.54) is 4.90 Å². The second-order valence-corrected chi connectivity index (χ2v) is 4.82. The number of nitrogens with two attached hydrogens (primary N) is 1. The van der Waals surface area contributed by atoms with Crippen molar-refractivity contribution < 1.29 is 9.59 Å². The maximum atomic E-state index is 12.2. The molecule has 0 atom stereocenters. The number of benzene rings is 1. The third-order valence-electron chi connectivity index (χ3n) is 3.02. The zero-order valence-corrected chi connectivity index (χ0v) is 12.4. The molecule has 0 fully saturated rings. The monoisotopic (exact) mass is 278 g/mol. The summed E-state index contributed by atoms with van der Waals surface area (Å²) >= 11 is 0. The summed E-state index contributed by atoms with van der Waals surface area (Å²) in [6, 6.07) is 5.16. The molecular formula is C14H22N4O2. The molecule has 6 heteroatoms. The maximum absolute atomic E-state index is 12.2. The lowest BCUT2D eigenvalue weighted by Crippen LogP contribution is -2.29. The van der Waals surface area contributed by atoms with Crippen molar-refractivity contribution in [3.63, 3.8) is 0 Å². The average Bonchev–Trinajstić information content (AvgIpc) is 2.43. The van der Waals surface area contributed by atoms with E-state index in [-0.39, 0.29) is 11.8 Å². The van der Waals surface area contributed by atoms with Gasteiger partial charge in [-0.15, -0.1) is 0 Å². The van der Waals surface area contributed by atoms with Crippen LogP contribution in [0.15, 0.2) is 18.2 Å². The SMILES string of the molecule is CNC(=O)CCN(C)c1cc(N)ccc1C(=O)N(C)C. The molecule has 0 saturated carbocycles. The van der Waals surface area contributed by atoms with Gasteiger partial charge in [0, 0.05) is 46.8 Å². The van der Waals surface area contributed by atoms with Crippen molar-refractivity contribution in [2.45, 2.75) is 6.42 Å². The molecule has 0 aliphatic rings. The highest BCUT2D eigenvalue weighted by Gasteiger charge is 2.16. The summed E-state index contributed by atoms with van der Waals surface area (Å²) in [6.45, 7) is 0.511. The third kappa shape index (κ3) is 3.88. The van der Waals surface area contributed by atoms with Gasteiger partial charge in [0.15, 0.2) is 0 Å². The minimum atomic E-state index is -0.0909. The Morgan fingerprint density at radius 3 is 2.45 bits per heavy atom. The minimum Gasteiger partial charge on any atom is -0.399 e. The van der Waals surface area contributed by atoms with Gasteiger partial charge >= 0.3 is 0 Å². The molecule has 0 spiro atoms. The Balaban J connectivity index is 2.99. The summed E-state index contributed by atoms with van der Waals surface area (Å²) in [6.07, 6.45) is 0.359. The molecule has 1 rings (SSSR count). The topological polar surface area (TPSA) is 78.7 Å². The van der Waals surface area contributed by atoms with Gasteiger partial charge < -0.3 is 20.9 Å². The number of nitrogens with zero attached hydrogens (tertiary/aromatic N) is 2. The van der Waals surface area contributed by atoms with Crippen LogP contribution < -0.4 is 16.0 Å². The first kappa shape index (κ1) is 15.8. The van der Waals surface area contributed by atoms with Gasteiger partial charge in [-0.2, -0.15) is 0 Å². The van der Waals surface area contributed by atoms with Crippen molar-refractivity contribution >= 4 is 23.2 Å². The highest BCUT2D eigenvalue weighted by atomic mass is 16.2. The number of carbonyl (C=O) groups is 2. The summed E-state index contributed by atoms with van der Waals surface area (Å²) in [4.78, 5) is 26.8. The number of rotatable bonds is 5. The molecule has 0 bridgehead atoms. The van der Waals surface area contributed by atoms with Gasteiger partial charge in [-0.25, -0.2) is 0 Å². The van der Waals surface area contributed by atoms with E-state index in [2.05, 4.69) is 5.32 Å². The quantitative estimate of drug-likeness (QED) is 0.771. The zero-order chi connectivity index (χ0) is 15.3. The molecule has 2 amide bonds. The maximum Gasteiger partial charge on any atom is 0.255 e. The molecular weight excluding hydrogens is 256 g/mol. The molecule has 20 heavy (non-hydrogen) atoms. The summed E-state index contributed by atoms with van der Waals surface area (Å²) in [7, 11) is 6.84. The predicted octanol–water partition coefficient (Wildman–Crippen LogP) is 0.543. The van der Waals surface area contributed by atoms with Crippen LogP contribution in [0.4, 0.5) is 11.4 Å². The Morgan fingerprint density at radius 1 is 1.25 bits per heavy atom. The fraction of sp³-hybridized carbons (Fsp3) is 0.429. The van der Waals surface area contributed by atoms with Crippen molar-refractivity contribution in [2.75, 3.05) is 45.4 Å². The standard InChI is InChI=1S/C14H22N4O2/c1-16-13(19)7-8-18(4)12-9-10(15)5-6-11(12)14(20)17(2)3/h5-6,9H,7-8,15H2,1-4H3,(H,16,19). The van der Waals surface area contributed by atoms with Crippen LogP contribution in [0.1, 0.15) is 16.8 Å². The molecule has 110 valence electrons. The van der Waals surface area contributed by atoms with Crippen LogP contribution in [0.3, 0.4) is 0 Å². The van der Waals surface area contributed by atoms with Crippen LogP contribution in [0.5, 0.6) is 0 Å². The van der Waals surface area contributed by atoms with Crippen LogP contribution in [0.2, 0.25) is 0 Å². The first-order chi connectivity index (χ1) is 9.36. The van der Waals surface area contributed by atoms with Crippen LogP contribution >= 0.6 is 0 Å². The molecule has 0 aliphatic heterocycles. The fourth-order valence-electron chi connectivity index (χ4n) is 1.80. The number of anilines is 2. The molecule has 1 aromatic carbocycles. The van der Waals surface area contributed by atoms with Crippen LogP contribution in [0, 0.1) is 0 Å². The van der Waals surface area contributed by atoms with Gasteiger partial charge in [0.1, 0.15) is 0 Å². The van der Waals surface area contributed by atoms with Crippen LogP contribution in [-0.2, 0) is 4.79 Å². The van der Waals surface area contributed by atoms with Gasteiger partial charge in [0.05, 0.1) is 11.3 Å². The number of hydrogen-bond acceptors (Lipinski definition) is 4. The van der Waals surface area contributed by atoms with E-state index in [1.807, 2.05) is 11.9 Å². The highest BCUT2D eigenvalue weighted by Crippen LogP contribution is 2.24. The average molecular weight is 278 g/mol. The van der Waals surface area contributed by atoms with E-state index in [9.17, 15) is 9.59 Å². The van der Waals surface area contributed by atoms with Crippen molar-refractivity contribution in [3.05, 3.63) is 23.8 Å². The Kier molecular flexibility index (Phi) is 5.37. The number of amides is 2. The summed E-state index contributed by atoms with van der Waals surface area (Å²) in [5.41, 5.74) is 7.68. The first-order valence-corrected chi connectivity index (χ1v) is 6.39. The van der Waals surface area contributed by atoms with Crippen LogP contribution in [-0.4, -0.2) is 51.4 Å². The lowest BCUT2D eigenvalue weighted by atomic mass is 10.1. The second-order valence-electron chi connectivity index (χ2n) is 4.82. The fourth-order valence-corrected chi connectivity index (χ4v) is 1.80. The molecule has 0 aliphatic carbocycles. The molecule has 0 unspecified atom stereocenters. The van der Waals surface area contributed by atoms with Gasteiger partial charge in [-0.1, -0.05) is 0 Å². The van der Waals surface area contributed by atoms with E-state index in [0.717, 1.165) is 5.69 Å². The van der Waals surface area contributed by atoms with E-state index in [0.29, 0.717) is 24.2 Å². The molecule has 3 N–H and O–H groups in total. The third-order valence-corrected chi connectivity index (χ3v) is 3.02. The highest BCUT2D eigenvalue weighted by molar-refractivity contribution is 6.00.